The zero-order chi connectivity index (χ0) is 24.8. The highest BCUT2D eigenvalue weighted by Gasteiger charge is 2.65. The van der Waals surface area contributed by atoms with Gasteiger partial charge in [-0.15, -0.1) is 0 Å². The fourth-order valence-corrected chi connectivity index (χ4v) is 4.19. The molecule has 13 heteroatoms. The van der Waals surface area contributed by atoms with E-state index in [4.69, 9.17) is 0 Å². The Bertz CT molecular complexity index is 1260. The normalized spacial score (nSPS) is 18.3. The van der Waals surface area contributed by atoms with Crippen LogP contribution in [0.1, 0.15) is 16.8 Å². The minimum absolute atomic E-state index is 0.0143. The molecule has 1 aliphatic heterocycles. The van der Waals surface area contributed by atoms with E-state index in [1.54, 1.807) is 4.90 Å². The minimum atomic E-state index is -9.83. The number of hydrogen-bond donors (Lipinski definition) is 2. The second-order valence-electron chi connectivity index (χ2n) is 7.82. The lowest BCUT2D eigenvalue weighted by Gasteiger charge is -2.40. The summed E-state index contributed by atoms with van der Waals surface area (Å²) >= 11 is 0. The summed E-state index contributed by atoms with van der Waals surface area (Å²) in [6.07, 6.45) is 3.52. The van der Waals surface area contributed by atoms with Crippen LogP contribution in [0, 0.1) is 5.82 Å². The van der Waals surface area contributed by atoms with Crippen molar-refractivity contribution < 1.29 is 33.7 Å². The predicted molar refractivity (Wildman–Crippen MR) is 116 cm³/mol. The topological polar surface area (TPSA) is 78.4 Å². The Morgan fingerprint density at radius 2 is 1.76 bits per heavy atom. The van der Waals surface area contributed by atoms with Gasteiger partial charge >= 0.3 is 10.2 Å². The van der Waals surface area contributed by atoms with Crippen molar-refractivity contribution in [1.82, 2.24) is 9.97 Å². The second kappa shape index (κ2) is 7.60. The van der Waals surface area contributed by atoms with Gasteiger partial charge in [0.25, 0.3) is 5.91 Å². The molecular weight excluding hydrogens is 486 g/mol. The first kappa shape index (κ1) is 23.8. The standard InChI is InChI=1S/C21H18F6N4O2S/c22-15-7-13(9-28-11-15)19-8-14(10-29-20(19)31-6-5-17(32)12-31)21(33)30-16-1-3-18(4-2-16)34(23,24,25,26)27/h1-4,7-11,17,32H,5-6,12H2,(H,30,33). The van der Waals surface area contributed by atoms with Gasteiger partial charge in [-0.25, -0.2) is 9.37 Å². The van der Waals surface area contributed by atoms with Gasteiger partial charge in [0.15, 0.2) is 0 Å². The lowest BCUT2D eigenvalue weighted by atomic mass is 10.1. The summed E-state index contributed by atoms with van der Waals surface area (Å²) in [4.78, 5) is 20.5. The third-order valence-corrected chi connectivity index (χ3v) is 6.33. The summed E-state index contributed by atoms with van der Waals surface area (Å²) in [5.41, 5.74) is 0.514. The molecule has 0 aliphatic carbocycles. The molecule has 1 atom stereocenters. The van der Waals surface area contributed by atoms with Gasteiger partial charge in [-0.1, -0.05) is 19.4 Å². The Balaban J connectivity index is 1.64. The number of nitrogens with one attached hydrogen (secondary N) is 1. The largest absolute Gasteiger partial charge is 0.391 e. The molecule has 0 spiro atoms. The SMILES string of the molecule is O=C(Nc1ccc(S(F)(F)(F)(F)F)cc1)c1cnc(N2CCC(O)C2)c(-c2cncc(F)c2)c1. The Kier molecular flexibility index (Phi) is 5.33. The van der Waals surface area contributed by atoms with Gasteiger partial charge in [-0.3, -0.25) is 9.78 Å². The summed E-state index contributed by atoms with van der Waals surface area (Å²) in [5, 5.41) is 12.2. The third-order valence-electron chi connectivity index (χ3n) is 5.17. The number of pyridine rings is 2. The smallest absolute Gasteiger partial charge is 0.310 e. The first-order valence-electron chi connectivity index (χ1n) is 9.89. The van der Waals surface area contributed by atoms with E-state index in [9.17, 15) is 33.7 Å². The first-order chi connectivity index (χ1) is 15.7. The zero-order valence-corrected chi connectivity index (χ0v) is 18.1. The highest BCUT2D eigenvalue weighted by atomic mass is 32.5. The molecule has 6 nitrogen and oxygen atoms in total. The Morgan fingerprint density at radius 3 is 2.35 bits per heavy atom. The van der Waals surface area contributed by atoms with Crippen molar-refractivity contribution in [1.29, 1.82) is 0 Å². The average Bonchev–Trinajstić information content (AvgIpc) is 3.18. The van der Waals surface area contributed by atoms with Crippen LogP contribution in [0.15, 0.2) is 59.9 Å². The van der Waals surface area contributed by atoms with Gasteiger partial charge < -0.3 is 15.3 Å². The number of nitrogens with zero attached hydrogens (tertiary/aromatic N) is 3. The Morgan fingerprint density at radius 1 is 1.06 bits per heavy atom. The maximum atomic E-state index is 13.8. The lowest BCUT2D eigenvalue weighted by Crippen LogP contribution is -2.23. The number of carbonyl (C=O) groups is 1. The van der Waals surface area contributed by atoms with E-state index in [1.807, 2.05) is 0 Å². The molecule has 0 radical (unpaired) electrons. The van der Waals surface area contributed by atoms with Crippen molar-refractivity contribution in [3.05, 3.63) is 66.4 Å². The fraction of sp³-hybridized carbons (Fsp3) is 0.190. The fourth-order valence-electron chi connectivity index (χ4n) is 3.54. The van der Waals surface area contributed by atoms with Crippen molar-refractivity contribution in [2.24, 2.45) is 0 Å². The number of hydrogen-bond acceptors (Lipinski definition) is 5. The summed E-state index contributed by atoms with van der Waals surface area (Å²) in [7, 11) is -9.83. The molecule has 0 saturated carbocycles. The number of halogens is 6. The lowest BCUT2D eigenvalue weighted by molar-refractivity contribution is 0.102. The molecule has 1 saturated heterocycles. The quantitative estimate of drug-likeness (QED) is 0.432. The van der Waals surface area contributed by atoms with Gasteiger partial charge in [0.1, 0.15) is 16.5 Å². The number of β-amino-alcohol motifs (C(OH)–C–C–N with tert-alkyl or cyclic N) is 1. The van der Waals surface area contributed by atoms with E-state index in [-0.39, 0.29) is 29.9 Å². The number of carbonyl (C=O) groups excluding carboxylic acids is 1. The van der Waals surface area contributed by atoms with Crippen LogP contribution in [0.5, 0.6) is 0 Å². The maximum Gasteiger partial charge on any atom is 0.310 e. The van der Waals surface area contributed by atoms with Crippen LogP contribution in [0.25, 0.3) is 11.1 Å². The first-order valence-corrected chi connectivity index (χ1v) is 11.8. The number of anilines is 2. The van der Waals surface area contributed by atoms with Crippen molar-refractivity contribution in [3.8, 4) is 11.1 Å². The number of aliphatic hydroxyl groups is 1. The van der Waals surface area contributed by atoms with Gasteiger partial charge in [-0.05, 0) is 42.8 Å². The number of rotatable bonds is 5. The molecular formula is C21H18F6N4O2S. The van der Waals surface area contributed by atoms with Crippen LogP contribution in [-0.2, 0) is 0 Å². The number of aromatic nitrogens is 2. The molecule has 4 rings (SSSR count). The molecule has 34 heavy (non-hydrogen) atoms. The van der Waals surface area contributed by atoms with Crippen molar-refractivity contribution in [2.75, 3.05) is 23.3 Å². The van der Waals surface area contributed by atoms with E-state index < -0.39 is 32.9 Å². The molecule has 2 aromatic heterocycles. The zero-order valence-electron chi connectivity index (χ0n) is 17.3. The van der Waals surface area contributed by atoms with E-state index in [2.05, 4.69) is 15.3 Å². The van der Waals surface area contributed by atoms with Crippen LogP contribution in [0.4, 0.5) is 35.3 Å². The number of amides is 1. The van der Waals surface area contributed by atoms with Crippen LogP contribution in [0.3, 0.4) is 0 Å². The van der Waals surface area contributed by atoms with Crippen LogP contribution >= 0.6 is 10.2 Å². The van der Waals surface area contributed by atoms with Crippen molar-refractivity contribution in [2.45, 2.75) is 17.4 Å². The summed E-state index contributed by atoms with van der Waals surface area (Å²) < 4.78 is 78.2. The Labute approximate surface area is 190 Å². The molecule has 1 fully saturated rings. The third kappa shape index (κ3) is 5.25. The molecule has 2 N–H and O–H groups in total. The molecule has 1 unspecified atom stereocenters. The number of aliphatic hydroxyl groups excluding tert-OH is 1. The second-order valence-corrected chi connectivity index (χ2v) is 10.2. The predicted octanol–water partition coefficient (Wildman–Crippen LogP) is 5.76. The van der Waals surface area contributed by atoms with Crippen molar-refractivity contribution in [3.63, 3.8) is 0 Å². The van der Waals surface area contributed by atoms with Crippen LogP contribution in [-0.4, -0.2) is 40.2 Å². The number of benzene rings is 1. The van der Waals surface area contributed by atoms with Crippen molar-refractivity contribution >= 4 is 27.6 Å². The highest BCUT2D eigenvalue weighted by molar-refractivity contribution is 8.45. The molecule has 3 aromatic rings. The molecule has 182 valence electrons. The van der Waals surface area contributed by atoms with Gasteiger partial charge in [0, 0.05) is 42.3 Å². The molecule has 1 amide bonds. The molecule has 0 bridgehead atoms. The summed E-state index contributed by atoms with van der Waals surface area (Å²) in [6, 6.07) is 4.43. The molecule has 1 aliphatic rings. The molecule has 3 heterocycles. The van der Waals surface area contributed by atoms with E-state index in [1.165, 1.54) is 24.5 Å². The van der Waals surface area contributed by atoms with Gasteiger partial charge in [-0.2, -0.15) is 0 Å². The molecule has 1 aromatic carbocycles. The Hall–Kier alpha value is -3.32. The average molecular weight is 504 g/mol. The minimum Gasteiger partial charge on any atom is -0.391 e. The summed E-state index contributed by atoms with van der Waals surface area (Å²) in [5.74, 6) is -1.00. The van der Waals surface area contributed by atoms with Gasteiger partial charge in [0.2, 0.25) is 0 Å². The monoisotopic (exact) mass is 504 g/mol. The van der Waals surface area contributed by atoms with E-state index in [0.29, 0.717) is 29.9 Å². The maximum absolute atomic E-state index is 13.8. The van der Waals surface area contributed by atoms with E-state index >= 15 is 0 Å². The van der Waals surface area contributed by atoms with E-state index in [0.717, 1.165) is 18.3 Å². The highest BCUT2D eigenvalue weighted by Crippen LogP contribution is 3.02. The summed E-state index contributed by atoms with van der Waals surface area (Å²) in [6.45, 7) is 0.765. The van der Waals surface area contributed by atoms with Crippen LogP contribution in [0.2, 0.25) is 0 Å². The van der Waals surface area contributed by atoms with Gasteiger partial charge in [0.05, 0.1) is 17.9 Å². The van der Waals surface area contributed by atoms with Crippen LogP contribution < -0.4 is 10.2 Å².